The topological polar surface area (TPSA) is 41.6 Å². The monoisotopic (exact) mass is 428 g/mol. The van der Waals surface area contributed by atoms with Crippen molar-refractivity contribution in [1.29, 1.82) is 0 Å². The van der Waals surface area contributed by atoms with Crippen molar-refractivity contribution in [3.8, 4) is 0 Å². The Hall–Kier alpha value is -2.31. The van der Waals surface area contributed by atoms with Gasteiger partial charge in [-0.15, -0.1) is 0 Å². The molecule has 1 N–H and O–H groups in total. The number of benzene rings is 2. The number of piperidine rings is 1. The van der Waals surface area contributed by atoms with Crippen LogP contribution in [0, 0.1) is 11.6 Å². The minimum absolute atomic E-state index is 0.0368. The number of likely N-dealkylation sites (tertiary alicyclic amines) is 1. The molecule has 2 saturated heterocycles. The van der Waals surface area contributed by atoms with Crippen molar-refractivity contribution in [2.45, 2.75) is 50.1 Å². The number of halogens is 2. The van der Waals surface area contributed by atoms with Crippen molar-refractivity contribution < 1.29 is 18.3 Å². The number of carbonyl (C=O) groups is 1. The fraction of sp³-hybridized carbons (Fsp3) is 0.480. The lowest BCUT2D eigenvalue weighted by Gasteiger charge is -2.39. The van der Waals surface area contributed by atoms with Crippen LogP contribution in [0.5, 0.6) is 0 Å². The van der Waals surface area contributed by atoms with Crippen molar-refractivity contribution in [3.63, 3.8) is 0 Å². The molecule has 2 aliphatic rings. The molecule has 4 rings (SSSR count). The Balaban J connectivity index is 1.44. The molecular formula is C25H30F2N2O2. The van der Waals surface area contributed by atoms with Gasteiger partial charge in [0.15, 0.2) is 0 Å². The molecular weight excluding hydrogens is 398 g/mol. The van der Waals surface area contributed by atoms with Gasteiger partial charge in [0.05, 0.1) is 6.04 Å². The maximum atomic E-state index is 13.5. The van der Waals surface area contributed by atoms with E-state index in [-0.39, 0.29) is 29.0 Å². The summed E-state index contributed by atoms with van der Waals surface area (Å²) in [6.07, 6.45) is 4.49. The number of nitrogens with zero attached hydrogens (tertiary/aromatic N) is 1. The van der Waals surface area contributed by atoms with Crippen LogP contribution < -0.4 is 5.32 Å². The third kappa shape index (κ3) is 5.31. The van der Waals surface area contributed by atoms with Crippen LogP contribution in [0.3, 0.4) is 0 Å². The highest BCUT2D eigenvalue weighted by Gasteiger charge is 2.36. The first-order valence-corrected chi connectivity index (χ1v) is 11.2. The van der Waals surface area contributed by atoms with Crippen LogP contribution in [0.25, 0.3) is 0 Å². The van der Waals surface area contributed by atoms with E-state index in [2.05, 4.69) is 10.2 Å². The Labute approximate surface area is 182 Å². The van der Waals surface area contributed by atoms with Gasteiger partial charge in [0.25, 0.3) is 0 Å². The van der Waals surface area contributed by atoms with Crippen molar-refractivity contribution >= 4 is 5.91 Å². The van der Waals surface area contributed by atoms with Gasteiger partial charge in [0, 0.05) is 31.7 Å². The Bertz CT molecular complexity index is 864. The highest BCUT2D eigenvalue weighted by Crippen LogP contribution is 2.34. The van der Waals surface area contributed by atoms with Gasteiger partial charge >= 0.3 is 0 Å². The molecule has 0 aromatic heterocycles. The predicted molar refractivity (Wildman–Crippen MR) is 116 cm³/mol. The number of nitrogens with one attached hydrogen (secondary N) is 1. The number of ether oxygens (including phenoxy) is 1. The van der Waals surface area contributed by atoms with Crippen molar-refractivity contribution in [3.05, 3.63) is 71.3 Å². The fourth-order valence-electron chi connectivity index (χ4n) is 4.81. The smallest absolute Gasteiger partial charge is 0.237 e. The van der Waals surface area contributed by atoms with Crippen LogP contribution >= 0.6 is 0 Å². The molecule has 2 heterocycles. The minimum atomic E-state index is -0.256. The molecule has 1 atom stereocenters. The zero-order valence-electron chi connectivity index (χ0n) is 17.8. The molecule has 1 amide bonds. The van der Waals surface area contributed by atoms with Crippen LogP contribution in [0.1, 0.15) is 43.2 Å². The number of carbonyl (C=O) groups excluding carboxylic acids is 1. The van der Waals surface area contributed by atoms with Gasteiger partial charge in [0.2, 0.25) is 5.91 Å². The van der Waals surface area contributed by atoms with Gasteiger partial charge in [-0.3, -0.25) is 9.69 Å². The Morgan fingerprint density at radius 2 is 1.65 bits per heavy atom. The summed E-state index contributed by atoms with van der Waals surface area (Å²) < 4.78 is 32.3. The summed E-state index contributed by atoms with van der Waals surface area (Å²) in [5.74, 6) is -0.470. The van der Waals surface area contributed by atoms with E-state index < -0.39 is 0 Å². The maximum absolute atomic E-state index is 13.5. The van der Waals surface area contributed by atoms with Crippen molar-refractivity contribution in [2.24, 2.45) is 0 Å². The van der Waals surface area contributed by atoms with Gasteiger partial charge in [-0.25, -0.2) is 8.78 Å². The van der Waals surface area contributed by atoms with Crippen molar-refractivity contribution in [1.82, 2.24) is 10.2 Å². The van der Waals surface area contributed by atoms with E-state index in [0.717, 1.165) is 49.8 Å². The molecule has 31 heavy (non-hydrogen) atoms. The molecule has 2 fully saturated rings. The number of hydrogen-bond donors (Lipinski definition) is 1. The number of amides is 1. The summed E-state index contributed by atoms with van der Waals surface area (Å²) in [6.45, 7) is 3.27. The molecule has 1 unspecified atom stereocenters. The highest BCUT2D eigenvalue weighted by atomic mass is 19.1. The zero-order valence-corrected chi connectivity index (χ0v) is 17.8. The molecule has 4 nitrogen and oxygen atoms in total. The van der Waals surface area contributed by atoms with E-state index >= 15 is 0 Å². The Morgan fingerprint density at radius 1 is 1.00 bits per heavy atom. The van der Waals surface area contributed by atoms with Crippen LogP contribution in [0.2, 0.25) is 0 Å². The summed E-state index contributed by atoms with van der Waals surface area (Å²) in [5.41, 5.74) is 1.82. The molecule has 166 valence electrons. The third-order valence-electron chi connectivity index (χ3n) is 6.72. The Morgan fingerprint density at radius 3 is 2.32 bits per heavy atom. The first-order valence-electron chi connectivity index (χ1n) is 11.2. The largest absolute Gasteiger partial charge is 0.381 e. The molecule has 6 heteroatoms. The summed E-state index contributed by atoms with van der Waals surface area (Å²) in [6, 6.07) is 12.9. The van der Waals surface area contributed by atoms with Gasteiger partial charge in [-0.2, -0.15) is 0 Å². The van der Waals surface area contributed by atoms with E-state index in [4.69, 9.17) is 4.74 Å². The second-order valence-electron chi connectivity index (χ2n) is 8.73. The van der Waals surface area contributed by atoms with Crippen molar-refractivity contribution in [2.75, 3.05) is 26.3 Å². The van der Waals surface area contributed by atoms with Crippen LogP contribution in [0.4, 0.5) is 8.78 Å². The number of rotatable bonds is 6. The lowest BCUT2D eigenvalue weighted by Crippen LogP contribution is -2.52. The van der Waals surface area contributed by atoms with Crippen LogP contribution in [-0.4, -0.2) is 43.2 Å². The SMILES string of the molecule is O=C(NCC1(c2ccc(F)cc2)CCOCC1)C1CCCCN1Cc1ccc(F)cc1. The minimum Gasteiger partial charge on any atom is -0.381 e. The third-order valence-corrected chi connectivity index (χ3v) is 6.72. The second-order valence-corrected chi connectivity index (χ2v) is 8.73. The van der Waals surface area contributed by atoms with Gasteiger partial charge < -0.3 is 10.1 Å². The van der Waals surface area contributed by atoms with E-state index in [1.807, 2.05) is 12.1 Å². The predicted octanol–water partition coefficient (Wildman–Crippen LogP) is 4.18. The first kappa shape index (κ1) is 21.9. The molecule has 0 aliphatic carbocycles. The molecule has 2 aromatic rings. The lowest BCUT2D eigenvalue weighted by molar-refractivity contribution is -0.128. The van der Waals surface area contributed by atoms with Gasteiger partial charge in [-0.1, -0.05) is 30.7 Å². The zero-order chi connectivity index (χ0) is 21.7. The average Bonchev–Trinajstić information content (AvgIpc) is 2.80. The van der Waals surface area contributed by atoms with E-state index in [1.165, 1.54) is 24.3 Å². The molecule has 0 saturated carbocycles. The summed E-state index contributed by atoms with van der Waals surface area (Å²) >= 11 is 0. The summed E-state index contributed by atoms with van der Waals surface area (Å²) in [5, 5.41) is 3.21. The second kappa shape index (κ2) is 9.88. The van der Waals surface area contributed by atoms with Crippen LogP contribution in [-0.2, 0) is 21.5 Å². The van der Waals surface area contributed by atoms with Gasteiger partial charge in [0.1, 0.15) is 11.6 Å². The molecule has 0 bridgehead atoms. The average molecular weight is 429 g/mol. The molecule has 2 aliphatic heterocycles. The quantitative estimate of drug-likeness (QED) is 0.750. The Kier molecular flexibility index (Phi) is 6.98. The molecule has 0 spiro atoms. The molecule has 2 aromatic carbocycles. The first-order chi connectivity index (χ1) is 15.1. The summed E-state index contributed by atoms with van der Waals surface area (Å²) in [7, 11) is 0. The molecule has 0 radical (unpaired) electrons. The van der Waals surface area contributed by atoms with Crippen LogP contribution in [0.15, 0.2) is 48.5 Å². The normalized spacial score (nSPS) is 21.5. The van der Waals surface area contributed by atoms with Gasteiger partial charge in [-0.05, 0) is 67.6 Å². The fourth-order valence-corrected chi connectivity index (χ4v) is 4.81. The maximum Gasteiger partial charge on any atom is 0.237 e. The highest BCUT2D eigenvalue weighted by molar-refractivity contribution is 5.82. The van der Waals surface area contributed by atoms with E-state index in [9.17, 15) is 13.6 Å². The standard InChI is InChI=1S/C25H30F2N2O2/c26-21-8-4-19(5-9-21)17-29-14-2-1-3-23(29)24(30)28-18-25(12-15-31-16-13-25)20-6-10-22(27)11-7-20/h4-11,23H,1-3,12-18H2,(H,28,30). The van der Waals surface area contributed by atoms with E-state index in [1.54, 1.807) is 12.1 Å². The van der Waals surface area contributed by atoms with E-state index in [0.29, 0.717) is 26.3 Å². The lowest BCUT2D eigenvalue weighted by atomic mass is 9.74. The summed E-state index contributed by atoms with van der Waals surface area (Å²) in [4.78, 5) is 15.4. The number of hydrogen-bond acceptors (Lipinski definition) is 3.